The van der Waals surface area contributed by atoms with E-state index in [9.17, 15) is 4.79 Å². The molecule has 2 aliphatic carbocycles. The summed E-state index contributed by atoms with van der Waals surface area (Å²) in [7, 11) is 0. The fourth-order valence-corrected chi connectivity index (χ4v) is 3.86. The SMILES string of the molecule is O=C1CC[C@H]2Cc3c(ccc4ccccc34)[C@H]2C1. The zero-order valence-electron chi connectivity index (χ0n) is 10.4. The van der Waals surface area contributed by atoms with Crippen LogP contribution in [0.5, 0.6) is 0 Å². The highest BCUT2D eigenvalue weighted by Crippen LogP contribution is 2.47. The smallest absolute Gasteiger partial charge is 0.133 e. The molecule has 1 saturated carbocycles. The molecule has 1 heteroatoms. The summed E-state index contributed by atoms with van der Waals surface area (Å²) in [5.74, 6) is 1.67. The molecule has 1 fully saturated rings. The fourth-order valence-electron chi connectivity index (χ4n) is 3.86. The fraction of sp³-hybridized carbons (Fsp3) is 0.353. The summed E-state index contributed by atoms with van der Waals surface area (Å²) >= 11 is 0. The molecule has 0 aromatic heterocycles. The molecule has 4 rings (SSSR count). The number of hydrogen-bond donors (Lipinski definition) is 0. The molecule has 0 unspecified atom stereocenters. The van der Waals surface area contributed by atoms with Crippen molar-refractivity contribution in [3.8, 4) is 0 Å². The van der Waals surface area contributed by atoms with E-state index < -0.39 is 0 Å². The van der Waals surface area contributed by atoms with E-state index >= 15 is 0 Å². The standard InChI is InChI=1S/C17H16O/c18-13-7-5-12-9-17-14-4-2-1-3-11(14)6-8-15(17)16(12)10-13/h1-4,6,8,12,16H,5,7,9-10H2/t12-,16-/m0/s1. The minimum absolute atomic E-state index is 0.456. The molecule has 0 amide bonds. The number of carbonyl (C=O) groups is 1. The van der Waals surface area contributed by atoms with Crippen LogP contribution in [0.15, 0.2) is 36.4 Å². The molecule has 0 saturated heterocycles. The van der Waals surface area contributed by atoms with Crippen molar-refractivity contribution in [2.24, 2.45) is 5.92 Å². The Bertz CT molecular complexity index is 641. The first-order chi connectivity index (χ1) is 8.83. The van der Waals surface area contributed by atoms with E-state index in [2.05, 4.69) is 36.4 Å². The van der Waals surface area contributed by atoms with Gasteiger partial charge in [-0.1, -0.05) is 36.4 Å². The molecule has 2 aromatic rings. The Balaban J connectivity index is 1.91. The number of hydrogen-bond acceptors (Lipinski definition) is 1. The van der Waals surface area contributed by atoms with E-state index in [1.807, 2.05) is 0 Å². The van der Waals surface area contributed by atoms with Gasteiger partial charge in [0.2, 0.25) is 0 Å². The Labute approximate surface area is 107 Å². The van der Waals surface area contributed by atoms with Crippen LogP contribution in [-0.2, 0) is 11.2 Å². The summed E-state index contributed by atoms with van der Waals surface area (Å²) in [6, 6.07) is 13.1. The van der Waals surface area contributed by atoms with Crippen LogP contribution in [0.1, 0.15) is 36.3 Å². The number of benzene rings is 2. The summed E-state index contributed by atoms with van der Waals surface area (Å²) in [5.41, 5.74) is 2.96. The molecule has 0 radical (unpaired) electrons. The first-order valence-electron chi connectivity index (χ1n) is 6.85. The molecule has 0 bridgehead atoms. The van der Waals surface area contributed by atoms with Gasteiger partial charge >= 0.3 is 0 Å². The van der Waals surface area contributed by atoms with Crippen LogP contribution in [0.2, 0.25) is 0 Å². The van der Waals surface area contributed by atoms with Crippen molar-refractivity contribution in [1.82, 2.24) is 0 Å². The average molecular weight is 236 g/mol. The third-order valence-corrected chi connectivity index (χ3v) is 4.75. The van der Waals surface area contributed by atoms with E-state index in [0.717, 1.165) is 19.3 Å². The maximum atomic E-state index is 11.7. The number of ketones is 1. The molecular weight excluding hydrogens is 220 g/mol. The van der Waals surface area contributed by atoms with Gasteiger partial charge in [0.15, 0.2) is 0 Å². The van der Waals surface area contributed by atoms with Gasteiger partial charge in [-0.15, -0.1) is 0 Å². The monoisotopic (exact) mass is 236 g/mol. The lowest BCUT2D eigenvalue weighted by Crippen LogP contribution is -2.19. The quantitative estimate of drug-likeness (QED) is 0.679. The van der Waals surface area contributed by atoms with E-state index in [0.29, 0.717) is 17.6 Å². The van der Waals surface area contributed by atoms with Crippen LogP contribution in [0, 0.1) is 5.92 Å². The highest BCUT2D eigenvalue weighted by molar-refractivity contribution is 5.88. The summed E-state index contributed by atoms with van der Waals surface area (Å²) in [5, 5.41) is 2.73. The van der Waals surface area contributed by atoms with E-state index in [-0.39, 0.29) is 0 Å². The predicted molar refractivity (Wildman–Crippen MR) is 72.7 cm³/mol. The van der Waals surface area contributed by atoms with Crippen LogP contribution in [0.25, 0.3) is 10.8 Å². The topological polar surface area (TPSA) is 17.1 Å². The predicted octanol–water partition coefficient (Wildman–Crippen LogP) is 3.85. The highest BCUT2D eigenvalue weighted by Gasteiger charge is 2.37. The minimum Gasteiger partial charge on any atom is -0.300 e. The van der Waals surface area contributed by atoms with Gasteiger partial charge in [0, 0.05) is 12.8 Å². The second kappa shape index (κ2) is 3.68. The molecule has 2 aromatic carbocycles. The van der Waals surface area contributed by atoms with Crippen LogP contribution < -0.4 is 0 Å². The largest absolute Gasteiger partial charge is 0.300 e. The lowest BCUT2D eigenvalue weighted by atomic mass is 9.79. The molecule has 2 atom stereocenters. The van der Waals surface area contributed by atoms with Crippen molar-refractivity contribution >= 4 is 16.6 Å². The maximum absolute atomic E-state index is 11.7. The van der Waals surface area contributed by atoms with Gasteiger partial charge in [0.25, 0.3) is 0 Å². The third-order valence-electron chi connectivity index (χ3n) is 4.75. The van der Waals surface area contributed by atoms with Crippen LogP contribution in [0.4, 0.5) is 0 Å². The zero-order valence-corrected chi connectivity index (χ0v) is 10.4. The van der Waals surface area contributed by atoms with Gasteiger partial charge in [0.1, 0.15) is 5.78 Å². The van der Waals surface area contributed by atoms with Gasteiger partial charge in [-0.25, -0.2) is 0 Å². The van der Waals surface area contributed by atoms with Crippen LogP contribution >= 0.6 is 0 Å². The number of rotatable bonds is 0. The van der Waals surface area contributed by atoms with Gasteiger partial charge < -0.3 is 0 Å². The van der Waals surface area contributed by atoms with E-state index in [1.54, 1.807) is 0 Å². The first-order valence-corrected chi connectivity index (χ1v) is 6.85. The molecular formula is C17H16O. The second-order valence-corrected chi connectivity index (χ2v) is 5.71. The van der Waals surface area contributed by atoms with Crippen molar-refractivity contribution in [3.63, 3.8) is 0 Å². The second-order valence-electron chi connectivity index (χ2n) is 5.71. The number of fused-ring (bicyclic) bond motifs is 5. The molecule has 0 heterocycles. The van der Waals surface area contributed by atoms with Crippen molar-refractivity contribution in [2.75, 3.05) is 0 Å². The summed E-state index contributed by atoms with van der Waals surface area (Å²) in [6.07, 6.45) is 3.84. The molecule has 0 aliphatic heterocycles. The third kappa shape index (κ3) is 1.37. The molecule has 0 spiro atoms. The Hall–Kier alpha value is -1.63. The Morgan fingerprint density at radius 2 is 1.89 bits per heavy atom. The molecule has 0 N–H and O–H groups in total. The summed E-state index contributed by atoms with van der Waals surface area (Å²) < 4.78 is 0. The van der Waals surface area contributed by atoms with Crippen molar-refractivity contribution in [2.45, 2.75) is 31.6 Å². The Morgan fingerprint density at radius 1 is 1.00 bits per heavy atom. The van der Waals surface area contributed by atoms with Gasteiger partial charge in [-0.2, -0.15) is 0 Å². The minimum atomic E-state index is 0.456. The van der Waals surface area contributed by atoms with Gasteiger partial charge in [-0.3, -0.25) is 4.79 Å². The van der Waals surface area contributed by atoms with Crippen molar-refractivity contribution < 1.29 is 4.79 Å². The van der Waals surface area contributed by atoms with Crippen LogP contribution in [-0.4, -0.2) is 5.78 Å². The molecule has 18 heavy (non-hydrogen) atoms. The first kappa shape index (κ1) is 10.3. The maximum Gasteiger partial charge on any atom is 0.133 e. The van der Waals surface area contributed by atoms with Crippen molar-refractivity contribution in [3.05, 3.63) is 47.5 Å². The van der Waals surface area contributed by atoms with Gasteiger partial charge in [0.05, 0.1) is 0 Å². The molecule has 2 aliphatic rings. The summed E-state index contributed by atoms with van der Waals surface area (Å²) in [4.78, 5) is 11.7. The van der Waals surface area contributed by atoms with Gasteiger partial charge in [-0.05, 0) is 46.6 Å². The lowest BCUT2D eigenvalue weighted by molar-refractivity contribution is -0.121. The van der Waals surface area contributed by atoms with Crippen LogP contribution in [0.3, 0.4) is 0 Å². The summed E-state index contributed by atoms with van der Waals surface area (Å²) in [6.45, 7) is 0. The Morgan fingerprint density at radius 3 is 2.83 bits per heavy atom. The molecule has 90 valence electrons. The number of Topliss-reactive ketones (excluding diaryl/α,β-unsaturated/α-hetero) is 1. The normalized spacial score (nSPS) is 26.1. The van der Waals surface area contributed by atoms with E-state index in [4.69, 9.17) is 0 Å². The Kier molecular flexibility index (Phi) is 2.11. The zero-order chi connectivity index (χ0) is 12.1. The van der Waals surface area contributed by atoms with Crippen molar-refractivity contribution in [1.29, 1.82) is 0 Å². The lowest BCUT2D eigenvalue weighted by Gasteiger charge is -2.24. The molecule has 1 nitrogen and oxygen atoms in total. The number of carbonyl (C=O) groups excluding carboxylic acids is 1. The average Bonchev–Trinajstić information content (AvgIpc) is 2.77. The van der Waals surface area contributed by atoms with E-state index in [1.165, 1.54) is 28.3 Å². The highest BCUT2D eigenvalue weighted by atomic mass is 16.1.